The lowest BCUT2D eigenvalue weighted by Gasteiger charge is -2.04. The molecule has 0 spiro atoms. The van der Waals surface area contributed by atoms with Crippen molar-refractivity contribution in [1.29, 1.82) is 0 Å². The molecule has 3 N–H and O–H groups in total. The van der Waals surface area contributed by atoms with E-state index in [0.717, 1.165) is 17.7 Å². The van der Waals surface area contributed by atoms with Gasteiger partial charge in [-0.1, -0.05) is 6.92 Å². The summed E-state index contributed by atoms with van der Waals surface area (Å²) in [6, 6.07) is 0.921. The van der Waals surface area contributed by atoms with Crippen LogP contribution in [0.5, 0.6) is 0 Å². The molecule has 0 aliphatic rings. The molecular formula is C9H13NO3. The second-order valence-corrected chi connectivity index (χ2v) is 2.87. The first-order valence-electron chi connectivity index (χ1n) is 4.18. The summed E-state index contributed by atoms with van der Waals surface area (Å²) in [4.78, 5) is 10.5. The van der Waals surface area contributed by atoms with Crippen LogP contribution in [0.4, 0.5) is 0 Å². The van der Waals surface area contributed by atoms with Gasteiger partial charge in [0.2, 0.25) is 0 Å². The van der Waals surface area contributed by atoms with Gasteiger partial charge in [0, 0.05) is 12.8 Å². The predicted octanol–water partition coefficient (Wildman–Crippen LogP) is 0.796. The van der Waals surface area contributed by atoms with Gasteiger partial charge in [-0.2, -0.15) is 0 Å². The van der Waals surface area contributed by atoms with Crippen LogP contribution < -0.4 is 5.73 Å². The van der Waals surface area contributed by atoms with Crippen LogP contribution in [0.1, 0.15) is 18.2 Å². The van der Waals surface area contributed by atoms with Gasteiger partial charge < -0.3 is 15.3 Å². The molecule has 13 heavy (non-hydrogen) atoms. The lowest BCUT2D eigenvalue weighted by molar-refractivity contribution is -0.138. The molecular weight excluding hydrogens is 170 g/mol. The maximum atomic E-state index is 10.5. The van der Waals surface area contributed by atoms with Crippen molar-refractivity contribution < 1.29 is 14.3 Å². The van der Waals surface area contributed by atoms with E-state index in [2.05, 4.69) is 0 Å². The first kappa shape index (κ1) is 9.80. The van der Waals surface area contributed by atoms with Gasteiger partial charge >= 0.3 is 5.97 Å². The Morgan fingerprint density at radius 3 is 3.00 bits per heavy atom. The summed E-state index contributed by atoms with van der Waals surface area (Å²) in [5.74, 6) is -0.167. The molecule has 0 amide bonds. The summed E-state index contributed by atoms with van der Waals surface area (Å²) >= 11 is 0. The highest BCUT2D eigenvalue weighted by molar-refractivity contribution is 5.73. The van der Waals surface area contributed by atoms with Crippen LogP contribution >= 0.6 is 0 Å². The monoisotopic (exact) mass is 183 g/mol. The summed E-state index contributed by atoms with van der Waals surface area (Å²) in [6.07, 6.45) is 2.65. The highest BCUT2D eigenvalue weighted by Crippen LogP contribution is 2.12. The van der Waals surface area contributed by atoms with E-state index in [4.69, 9.17) is 15.3 Å². The van der Waals surface area contributed by atoms with Gasteiger partial charge in [0.15, 0.2) is 0 Å². The fraction of sp³-hybridized carbons (Fsp3) is 0.444. The zero-order chi connectivity index (χ0) is 9.84. The molecule has 0 saturated heterocycles. The minimum Gasteiger partial charge on any atom is -0.480 e. The molecule has 4 nitrogen and oxygen atoms in total. The maximum Gasteiger partial charge on any atom is 0.320 e. The Morgan fingerprint density at radius 2 is 2.46 bits per heavy atom. The van der Waals surface area contributed by atoms with Crippen molar-refractivity contribution in [2.24, 2.45) is 5.73 Å². The van der Waals surface area contributed by atoms with Crippen molar-refractivity contribution in [3.63, 3.8) is 0 Å². The molecule has 0 fully saturated rings. The lowest BCUT2D eigenvalue weighted by atomic mass is 10.1. The molecule has 1 rings (SSSR count). The van der Waals surface area contributed by atoms with Crippen molar-refractivity contribution in [3.05, 3.63) is 23.7 Å². The number of hydrogen-bond donors (Lipinski definition) is 2. The molecule has 0 aliphatic heterocycles. The average molecular weight is 183 g/mol. The number of furan rings is 1. The second-order valence-electron chi connectivity index (χ2n) is 2.87. The summed E-state index contributed by atoms with van der Waals surface area (Å²) in [5, 5.41) is 8.59. The smallest absolute Gasteiger partial charge is 0.320 e. The van der Waals surface area contributed by atoms with Crippen LogP contribution in [-0.2, 0) is 17.6 Å². The molecule has 0 aliphatic carbocycles. The van der Waals surface area contributed by atoms with Crippen molar-refractivity contribution in [2.75, 3.05) is 0 Å². The molecule has 0 unspecified atom stereocenters. The number of hydrogen-bond acceptors (Lipinski definition) is 3. The van der Waals surface area contributed by atoms with Crippen molar-refractivity contribution in [3.8, 4) is 0 Å². The zero-order valence-electron chi connectivity index (χ0n) is 7.49. The Morgan fingerprint density at radius 1 is 1.77 bits per heavy atom. The third-order valence-electron chi connectivity index (χ3n) is 1.92. The third-order valence-corrected chi connectivity index (χ3v) is 1.92. The van der Waals surface area contributed by atoms with Crippen LogP contribution in [0.15, 0.2) is 16.7 Å². The quantitative estimate of drug-likeness (QED) is 0.723. The van der Waals surface area contributed by atoms with E-state index in [1.807, 2.05) is 6.92 Å². The van der Waals surface area contributed by atoms with Gasteiger partial charge in [-0.05, 0) is 11.6 Å². The van der Waals surface area contributed by atoms with Gasteiger partial charge in [-0.15, -0.1) is 0 Å². The van der Waals surface area contributed by atoms with Gasteiger partial charge in [0.25, 0.3) is 0 Å². The molecule has 4 heteroatoms. The highest BCUT2D eigenvalue weighted by Gasteiger charge is 2.15. The Bertz CT molecular complexity index is 293. The average Bonchev–Trinajstić information content (AvgIpc) is 2.51. The number of rotatable bonds is 4. The van der Waals surface area contributed by atoms with E-state index >= 15 is 0 Å². The number of carboxylic acids is 1. The topological polar surface area (TPSA) is 76.5 Å². The van der Waals surface area contributed by atoms with E-state index in [0.29, 0.717) is 6.42 Å². The van der Waals surface area contributed by atoms with E-state index < -0.39 is 12.0 Å². The molecule has 1 heterocycles. The standard InChI is InChI=1S/C9H13NO3/c1-2-8-6(3-4-13-8)5-7(10)9(11)12/h3-4,7H,2,5,10H2,1H3,(H,11,12)/t7-/m0/s1. The largest absolute Gasteiger partial charge is 0.480 e. The minimum atomic E-state index is -0.983. The third kappa shape index (κ3) is 2.32. The van der Waals surface area contributed by atoms with E-state index in [9.17, 15) is 4.79 Å². The second kappa shape index (κ2) is 4.09. The van der Waals surface area contributed by atoms with Gasteiger partial charge in [0.05, 0.1) is 6.26 Å². The van der Waals surface area contributed by atoms with Crippen LogP contribution in [0.3, 0.4) is 0 Å². The summed E-state index contributed by atoms with van der Waals surface area (Å²) in [7, 11) is 0. The molecule has 0 aromatic carbocycles. The molecule has 1 aromatic rings. The summed E-state index contributed by atoms with van der Waals surface area (Å²) < 4.78 is 5.15. The zero-order valence-corrected chi connectivity index (χ0v) is 7.49. The SMILES string of the molecule is CCc1occc1C[C@H](N)C(=O)O. The van der Waals surface area contributed by atoms with E-state index in [1.54, 1.807) is 12.3 Å². The fourth-order valence-corrected chi connectivity index (χ4v) is 1.18. The Labute approximate surface area is 76.3 Å². The van der Waals surface area contributed by atoms with Crippen molar-refractivity contribution in [2.45, 2.75) is 25.8 Å². The first-order chi connectivity index (χ1) is 6.15. The number of carboxylic acid groups (broad SMARTS) is 1. The molecule has 72 valence electrons. The van der Waals surface area contributed by atoms with E-state index in [-0.39, 0.29) is 0 Å². The fourth-order valence-electron chi connectivity index (χ4n) is 1.18. The Hall–Kier alpha value is -1.29. The van der Waals surface area contributed by atoms with E-state index in [1.165, 1.54) is 0 Å². The highest BCUT2D eigenvalue weighted by atomic mass is 16.4. The van der Waals surface area contributed by atoms with Crippen molar-refractivity contribution >= 4 is 5.97 Å². The summed E-state index contributed by atoms with van der Waals surface area (Å²) in [5.41, 5.74) is 6.28. The number of nitrogens with two attached hydrogens (primary N) is 1. The molecule has 1 aromatic heterocycles. The molecule has 1 atom stereocenters. The van der Waals surface area contributed by atoms with Crippen LogP contribution in [0.25, 0.3) is 0 Å². The minimum absolute atomic E-state index is 0.328. The predicted molar refractivity (Wildman–Crippen MR) is 47.4 cm³/mol. The maximum absolute atomic E-state index is 10.5. The van der Waals surface area contributed by atoms with Crippen LogP contribution in [0, 0.1) is 0 Å². The van der Waals surface area contributed by atoms with Gasteiger partial charge in [-0.25, -0.2) is 0 Å². The Kier molecular flexibility index (Phi) is 3.08. The van der Waals surface area contributed by atoms with Crippen LogP contribution in [-0.4, -0.2) is 17.1 Å². The number of aryl methyl sites for hydroxylation is 1. The van der Waals surface area contributed by atoms with Gasteiger partial charge in [-0.3, -0.25) is 4.79 Å². The molecule has 0 bridgehead atoms. The Balaban J connectivity index is 2.68. The number of aliphatic carboxylic acids is 1. The first-order valence-corrected chi connectivity index (χ1v) is 4.18. The lowest BCUT2D eigenvalue weighted by Crippen LogP contribution is -2.32. The summed E-state index contributed by atoms with van der Waals surface area (Å²) in [6.45, 7) is 1.95. The molecule has 0 saturated carbocycles. The van der Waals surface area contributed by atoms with Gasteiger partial charge in [0.1, 0.15) is 11.8 Å². The van der Waals surface area contributed by atoms with Crippen molar-refractivity contribution in [1.82, 2.24) is 0 Å². The normalized spacial score (nSPS) is 12.8. The number of carbonyl (C=O) groups is 1. The van der Waals surface area contributed by atoms with Crippen LogP contribution in [0.2, 0.25) is 0 Å². The molecule has 0 radical (unpaired) electrons.